The molecule has 5 nitrogen and oxygen atoms in total. The third-order valence-electron chi connectivity index (χ3n) is 5.36. The first-order valence-electron chi connectivity index (χ1n) is 10.5. The Labute approximate surface area is 183 Å². The number of benzene rings is 2. The minimum Gasteiger partial charge on any atom is -0.511 e. The maximum atomic E-state index is 12.6. The van der Waals surface area contributed by atoms with Crippen LogP contribution in [0.25, 0.3) is 0 Å². The van der Waals surface area contributed by atoms with Crippen molar-refractivity contribution in [1.82, 2.24) is 0 Å². The van der Waals surface area contributed by atoms with Gasteiger partial charge >= 0.3 is 0 Å². The molecule has 3 rings (SSSR count). The zero-order valence-electron chi connectivity index (χ0n) is 18.8. The average molecular weight is 419 g/mol. The van der Waals surface area contributed by atoms with E-state index in [4.69, 9.17) is 0 Å². The van der Waals surface area contributed by atoms with Gasteiger partial charge in [-0.05, 0) is 46.7 Å². The molecule has 5 heteroatoms. The molecule has 0 spiro atoms. The fourth-order valence-electron chi connectivity index (χ4n) is 3.58. The first-order chi connectivity index (χ1) is 14.4. The van der Waals surface area contributed by atoms with Gasteiger partial charge in [-0.2, -0.15) is 0 Å². The number of Topliss-reactive ketones (excluding diaryl/α,β-unsaturated/α-hetero) is 1. The molecule has 0 aromatic heterocycles. The smallest absolute Gasteiger partial charge is 0.255 e. The van der Waals surface area contributed by atoms with Gasteiger partial charge in [-0.3, -0.25) is 14.6 Å². The van der Waals surface area contributed by atoms with E-state index in [0.717, 1.165) is 0 Å². The lowest BCUT2D eigenvalue weighted by molar-refractivity contribution is -0.117. The first kappa shape index (κ1) is 22.5. The molecule has 0 saturated heterocycles. The van der Waals surface area contributed by atoms with Gasteiger partial charge < -0.3 is 10.4 Å². The van der Waals surface area contributed by atoms with Gasteiger partial charge in [-0.15, -0.1) is 0 Å². The molecule has 0 heterocycles. The molecule has 0 bridgehead atoms. The van der Waals surface area contributed by atoms with Crippen molar-refractivity contribution < 1.29 is 14.7 Å². The molecule has 2 aromatic carbocycles. The Kier molecular flexibility index (Phi) is 6.16. The van der Waals surface area contributed by atoms with Crippen LogP contribution in [0.5, 0.6) is 0 Å². The third-order valence-corrected chi connectivity index (χ3v) is 5.36. The predicted octanol–water partition coefficient (Wildman–Crippen LogP) is 6.14. The van der Waals surface area contributed by atoms with Crippen LogP contribution in [-0.2, 0) is 10.2 Å². The van der Waals surface area contributed by atoms with Gasteiger partial charge in [-0.1, -0.05) is 52.8 Å². The van der Waals surface area contributed by atoms with Crippen LogP contribution < -0.4 is 5.32 Å². The van der Waals surface area contributed by atoms with Crippen LogP contribution in [0.4, 0.5) is 11.4 Å². The monoisotopic (exact) mass is 418 g/mol. The molecule has 1 aliphatic carbocycles. The minimum atomic E-state index is -0.242. The number of carbonyl (C=O) groups is 2. The fourth-order valence-corrected chi connectivity index (χ4v) is 3.58. The number of aliphatic imine (C=N–C) groups is 1. The van der Waals surface area contributed by atoms with Gasteiger partial charge in [0.1, 0.15) is 5.76 Å². The molecule has 31 heavy (non-hydrogen) atoms. The van der Waals surface area contributed by atoms with E-state index in [-0.39, 0.29) is 33.9 Å². The summed E-state index contributed by atoms with van der Waals surface area (Å²) in [5.74, 6) is -0.236. The summed E-state index contributed by atoms with van der Waals surface area (Å²) in [5.41, 5.74) is 2.97. The number of aliphatic hydroxyl groups is 1. The molecule has 162 valence electrons. The van der Waals surface area contributed by atoms with Crippen molar-refractivity contribution in [3.8, 4) is 0 Å². The Morgan fingerprint density at radius 1 is 1.10 bits per heavy atom. The van der Waals surface area contributed by atoms with E-state index in [1.54, 1.807) is 24.3 Å². The van der Waals surface area contributed by atoms with Crippen molar-refractivity contribution in [2.24, 2.45) is 10.4 Å². The molecular weight excluding hydrogens is 388 g/mol. The van der Waals surface area contributed by atoms with Crippen molar-refractivity contribution in [2.45, 2.75) is 52.9 Å². The number of amides is 1. The quantitative estimate of drug-likeness (QED) is 0.585. The topological polar surface area (TPSA) is 78.8 Å². The molecule has 2 N–H and O–H groups in total. The number of ketones is 1. The van der Waals surface area contributed by atoms with E-state index >= 15 is 0 Å². The SMILES string of the molecule is CC1(C)CC(=O)C(C=Nc2cccc(NC(=O)c3ccc(C(C)(C)C)cc3)c2)=C(O)C1. The van der Waals surface area contributed by atoms with E-state index in [2.05, 4.69) is 31.1 Å². The number of aliphatic hydroxyl groups excluding tert-OH is 1. The zero-order valence-corrected chi connectivity index (χ0v) is 18.8. The number of carbonyl (C=O) groups excluding carboxylic acids is 2. The van der Waals surface area contributed by atoms with E-state index < -0.39 is 0 Å². The summed E-state index contributed by atoms with van der Waals surface area (Å²) in [6.45, 7) is 10.3. The molecular formula is C26H30N2O3. The van der Waals surface area contributed by atoms with Gasteiger partial charge in [0.15, 0.2) is 5.78 Å². The lowest BCUT2D eigenvalue weighted by Gasteiger charge is -2.28. The molecule has 1 aliphatic rings. The Bertz CT molecular complexity index is 1050. The second-order valence-electron chi connectivity index (χ2n) is 9.89. The zero-order chi connectivity index (χ0) is 22.8. The molecule has 0 fully saturated rings. The van der Waals surface area contributed by atoms with Crippen molar-refractivity contribution in [2.75, 3.05) is 5.32 Å². The second-order valence-corrected chi connectivity index (χ2v) is 9.89. The summed E-state index contributed by atoms with van der Waals surface area (Å²) >= 11 is 0. The third kappa shape index (κ3) is 5.69. The molecule has 0 aliphatic heterocycles. The second kappa shape index (κ2) is 8.50. The van der Waals surface area contributed by atoms with E-state index in [1.807, 2.05) is 38.1 Å². The lowest BCUT2D eigenvalue weighted by Crippen LogP contribution is -2.26. The Hall–Kier alpha value is -3.21. The van der Waals surface area contributed by atoms with E-state index in [9.17, 15) is 14.7 Å². The van der Waals surface area contributed by atoms with Crippen LogP contribution in [0.3, 0.4) is 0 Å². The highest BCUT2D eigenvalue weighted by atomic mass is 16.3. The number of nitrogens with zero attached hydrogens (tertiary/aromatic N) is 1. The van der Waals surface area contributed by atoms with Crippen LogP contribution in [0.1, 0.15) is 63.4 Å². The summed E-state index contributed by atoms with van der Waals surface area (Å²) in [6, 6.07) is 14.7. The standard InChI is InChI=1S/C26H30N2O3/c1-25(2,3)18-11-9-17(10-12-18)24(31)28-20-8-6-7-19(13-20)27-16-21-22(29)14-26(4,5)15-23(21)30/h6-13,16,29H,14-15H2,1-5H3,(H,28,31). The van der Waals surface area contributed by atoms with Crippen LogP contribution in [0.2, 0.25) is 0 Å². The average Bonchev–Trinajstić information content (AvgIpc) is 2.66. The maximum absolute atomic E-state index is 12.6. The number of nitrogens with one attached hydrogen (secondary N) is 1. The van der Waals surface area contributed by atoms with Gasteiger partial charge in [0, 0.05) is 30.3 Å². The number of anilines is 1. The normalized spacial score (nSPS) is 16.6. The van der Waals surface area contributed by atoms with Crippen LogP contribution in [0, 0.1) is 5.41 Å². The van der Waals surface area contributed by atoms with Gasteiger partial charge in [0.25, 0.3) is 5.91 Å². The van der Waals surface area contributed by atoms with Crippen molar-refractivity contribution in [1.29, 1.82) is 0 Å². The number of rotatable bonds is 4. The highest BCUT2D eigenvalue weighted by molar-refractivity contribution is 6.15. The Balaban J connectivity index is 1.73. The van der Waals surface area contributed by atoms with Crippen LogP contribution in [-0.4, -0.2) is 23.0 Å². The summed E-state index contributed by atoms with van der Waals surface area (Å²) < 4.78 is 0. The van der Waals surface area contributed by atoms with Crippen molar-refractivity contribution in [3.63, 3.8) is 0 Å². The lowest BCUT2D eigenvalue weighted by atomic mass is 9.77. The molecule has 0 saturated carbocycles. The highest BCUT2D eigenvalue weighted by Crippen LogP contribution is 2.35. The summed E-state index contributed by atoms with van der Waals surface area (Å²) in [4.78, 5) is 29.3. The number of allylic oxidation sites excluding steroid dienone is 2. The fraction of sp³-hybridized carbons (Fsp3) is 0.346. The summed E-state index contributed by atoms with van der Waals surface area (Å²) in [6.07, 6.45) is 2.24. The maximum Gasteiger partial charge on any atom is 0.255 e. The van der Waals surface area contributed by atoms with Crippen molar-refractivity contribution >= 4 is 29.3 Å². The molecule has 2 aromatic rings. The minimum absolute atomic E-state index is 0.0285. The number of hydrogen-bond acceptors (Lipinski definition) is 4. The molecule has 1 amide bonds. The van der Waals surface area contributed by atoms with Gasteiger partial charge in [0.2, 0.25) is 0 Å². The van der Waals surface area contributed by atoms with Crippen LogP contribution >= 0.6 is 0 Å². The van der Waals surface area contributed by atoms with Gasteiger partial charge in [0.05, 0.1) is 11.3 Å². The summed E-state index contributed by atoms with van der Waals surface area (Å²) in [7, 11) is 0. The highest BCUT2D eigenvalue weighted by Gasteiger charge is 2.32. The Morgan fingerprint density at radius 2 is 1.77 bits per heavy atom. The first-order valence-corrected chi connectivity index (χ1v) is 10.5. The van der Waals surface area contributed by atoms with E-state index in [0.29, 0.717) is 29.8 Å². The van der Waals surface area contributed by atoms with Crippen molar-refractivity contribution in [3.05, 3.63) is 71.0 Å². The summed E-state index contributed by atoms with van der Waals surface area (Å²) in [5, 5.41) is 13.1. The molecule has 0 radical (unpaired) electrons. The molecule has 0 atom stereocenters. The largest absolute Gasteiger partial charge is 0.511 e. The molecule has 0 unspecified atom stereocenters. The number of hydrogen-bond donors (Lipinski definition) is 2. The predicted molar refractivity (Wildman–Crippen MR) is 125 cm³/mol. The van der Waals surface area contributed by atoms with E-state index in [1.165, 1.54) is 11.8 Å². The van der Waals surface area contributed by atoms with Crippen LogP contribution in [0.15, 0.2) is 64.9 Å². The Morgan fingerprint density at radius 3 is 2.39 bits per heavy atom. The van der Waals surface area contributed by atoms with Gasteiger partial charge in [-0.25, -0.2) is 0 Å².